The number of methoxy groups -OCH3 is 1. The molecule has 1 aromatic carbocycles. The number of fused-ring (bicyclic) bond motifs is 1. The molecule has 156 valence electrons. The van der Waals surface area contributed by atoms with E-state index in [1.165, 1.54) is 7.11 Å². The minimum absolute atomic E-state index is 0.303. The van der Waals surface area contributed by atoms with E-state index in [0.717, 1.165) is 22.4 Å². The predicted molar refractivity (Wildman–Crippen MR) is 120 cm³/mol. The molecule has 31 heavy (non-hydrogen) atoms. The molecule has 0 spiro atoms. The van der Waals surface area contributed by atoms with Crippen LogP contribution in [0.2, 0.25) is 0 Å². The zero-order valence-corrected chi connectivity index (χ0v) is 17.6. The number of hydrogen-bond donors (Lipinski definition) is 1. The third-order valence-corrected chi connectivity index (χ3v) is 5.74. The summed E-state index contributed by atoms with van der Waals surface area (Å²) in [6.07, 6.45) is 10.2. The lowest BCUT2D eigenvalue weighted by atomic mass is 9.93. The van der Waals surface area contributed by atoms with Gasteiger partial charge in [0.1, 0.15) is 5.75 Å². The van der Waals surface area contributed by atoms with Gasteiger partial charge in [-0.1, -0.05) is 41.8 Å². The fourth-order valence-electron chi connectivity index (χ4n) is 4.07. The van der Waals surface area contributed by atoms with Crippen molar-refractivity contribution in [3.63, 3.8) is 0 Å². The van der Waals surface area contributed by atoms with Gasteiger partial charge in [0, 0.05) is 24.9 Å². The first-order chi connectivity index (χ1) is 15.0. The standard InChI is InChI=1S/C25H23N3O3/c1-4-19(17-8-6-5-7-9-17)18-10-12-28(13-11-18)25(30)24(29)20-14-27-23-16(2)26-15-21(31-3)22(20)23/h1,5-9,14-15,27H,10-13H2,2-3H3. The number of likely N-dealkylation sites (tertiary alicyclic amines) is 1. The molecule has 0 unspecified atom stereocenters. The van der Waals surface area contributed by atoms with Crippen molar-refractivity contribution in [2.45, 2.75) is 19.8 Å². The number of nitrogens with one attached hydrogen (secondary N) is 1. The molecular weight excluding hydrogens is 390 g/mol. The number of carbonyl (C=O) groups is 2. The van der Waals surface area contributed by atoms with Gasteiger partial charge in [0.2, 0.25) is 0 Å². The number of H-pyrrole nitrogens is 1. The van der Waals surface area contributed by atoms with Gasteiger partial charge in [0.25, 0.3) is 11.7 Å². The van der Waals surface area contributed by atoms with E-state index < -0.39 is 11.7 Å². The summed E-state index contributed by atoms with van der Waals surface area (Å²) in [4.78, 5) is 35.0. The number of piperidine rings is 1. The van der Waals surface area contributed by atoms with Crippen LogP contribution in [0.1, 0.15) is 34.5 Å². The highest BCUT2D eigenvalue weighted by atomic mass is 16.5. The summed E-state index contributed by atoms with van der Waals surface area (Å²) >= 11 is 0. The zero-order chi connectivity index (χ0) is 22.0. The van der Waals surface area contributed by atoms with Crippen molar-refractivity contribution >= 4 is 28.2 Å². The first-order valence-corrected chi connectivity index (χ1v) is 10.1. The average Bonchev–Trinajstić information content (AvgIpc) is 3.26. The first kappa shape index (κ1) is 20.4. The number of hydrogen-bond acceptors (Lipinski definition) is 4. The van der Waals surface area contributed by atoms with Crippen molar-refractivity contribution in [2.75, 3.05) is 20.2 Å². The van der Waals surface area contributed by atoms with Crippen molar-refractivity contribution in [1.82, 2.24) is 14.9 Å². The number of aromatic nitrogens is 2. The van der Waals surface area contributed by atoms with Gasteiger partial charge < -0.3 is 14.6 Å². The van der Waals surface area contributed by atoms with Crippen LogP contribution in [-0.4, -0.2) is 46.8 Å². The van der Waals surface area contributed by atoms with Gasteiger partial charge in [-0.3, -0.25) is 14.6 Å². The Morgan fingerprint density at radius 3 is 2.55 bits per heavy atom. The van der Waals surface area contributed by atoms with Crippen LogP contribution in [0.25, 0.3) is 16.5 Å². The van der Waals surface area contributed by atoms with Crippen molar-refractivity contribution in [3.8, 4) is 18.1 Å². The summed E-state index contributed by atoms with van der Waals surface area (Å²) in [5.41, 5.74) is 4.76. The summed E-state index contributed by atoms with van der Waals surface area (Å²) in [6.45, 7) is 2.75. The topological polar surface area (TPSA) is 75.3 Å². The monoisotopic (exact) mass is 413 g/mol. The predicted octanol–water partition coefficient (Wildman–Crippen LogP) is 3.77. The molecule has 0 saturated carbocycles. The van der Waals surface area contributed by atoms with Crippen LogP contribution in [0.5, 0.6) is 5.75 Å². The largest absolute Gasteiger partial charge is 0.494 e. The molecule has 1 aliphatic rings. The molecule has 1 fully saturated rings. The quantitative estimate of drug-likeness (QED) is 0.401. The number of aromatic amines is 1. The van der Waals surface area contributed by atoms with Crippen LogP contribution in [0, 0.1) is 19.3 Å². The third kappa shape index (κ3) is 3.71. The number of benzene rings is 1. The lowest BCUT2D eigenvalue weighted by Gasteiger charge is -2.28. The number of nitrogens with zero attached hydrogens (tertiary/aromatic N) is 2. The number of amides is 1. The van der Waals surface area contributed by atoms with Gasteiger partial charge in [-0.25, -0.2) is 0 Å². The number of terminal acetylenes is 1. The first-order valence-electron chi connectivity index (χ1n) is 10.1. The normalized spacial score (nSPS) is 13.7. The summed E-state index contributed by atoms with van der Waals surface area (Å²) < 4.78 is 5.37. The number of ketones is 1. The van der Waals surface area contributed by atoms with E-state index in [1.54, 1.807) is 17.3 Å². The number of Topliss-reactive ketones (excluding diaryl/α,β-unsaturated/α-hetero) is 1. The van der Waals surface area contributed by atoms with Crippen LogP contribution in [0.15, 0.2) is 48.3 Å². The van der Waals surface area contributed by atoms with Crippen molar-refractivity contribution in [2.24, 2.45) is 0 Å². The maximum Gasteiger partial charge on any atom is 0.295 e. The molecule has 6 nitrogen and oxygen atoms in total. The van der Waals surface area contributed by atoms with Gasteiger partial charge in [-0.05, 0) is 25.3 Å². The highest BCUT2D eigenvalue weighted by Crippen LogP contribution is 2.31. The number of rotatable bonds is 4. The van der Waals surface area contributed by atoms with Gasteiger partial charge in [-0.15, -0.1) is 6.42 Å². The number of carbonyl (C=O) groups excluding carboxylic acids is 2. The van der Waals surface area contributed by atoms with Gasteiger partial charge >= 0.3 is 0 Å². The fraction of sp³-hybridized carbons (Fsp3) is 0.240. The molecule has 3 aromatic rings. The maximum absolute atomic E-state index is 13.1. The molecule has 0 atom stereocenters. The number of aryl methyl sites for hydroxylation is 1. The molecule has 1 aliphatic heterocycles. The Labute approximate surface area is 180 Å². The van der Waals surface area contributed by atoms with E-state index in [1.807, 2.05) is 37.3 Å². The Hall–Kier alpha value is -3.85. The summed E-state index contributed by atoms with van der Waals surface area (Å²) in [6, 6.07) is 9.84. The molecule has 1 amide bonds. The van der Waals surface area contributed by atoms with Crippen LogP contribution < -0.4 is 4.74 Å². The van der Waals surface area contributed by atoms with E-state index in [2.05, 4.69) is 15.9 Å². The second kappa shape index (κ2) is 8.49. The second-order valence-electron chi connectivity index (χ2n) is 7.47. The Bertz CT molecular complexity index is 1220. The lowest BCUT2D eigenvalue weighted by Crippen LogP contribution is -2.40. The Balaban J connectivity index is 1.55. The summed E-state index contributed by atoms with van der Waals surface area (Å²) in [7, 11) is 1.52. The molecular formula is C25H23N3O3. The van der Waals surface area contributed by atoms with E-state index in [0.29, 0.717) is 48.1 Å². The maximum atomic E-state index is 13.1. The summed E-state index contributed by atoms with van der Waals surface area (Å²) in [5, 5.41) is 0.588. The highest BCUT2D eigenvalue weighted by molar-refractivity contribution is 6.45. The fourth-order valence-corrected chi connectivity index (χ4v) is 4.07. The van der Waals surface area contributed by atoms with E-state index in [-0.39, 0.29) is 0 Å². The Morgan fingerprint density at radius 1 is 1.19 bits per heavy atom. The molecule has 1 N–H and O–H groups in total. The van der Waals surface area contributed by atoms with E-state index in [9.17, 15) is 9.59 Å². The molecule has 0 bridgehead atoms. The highest BCUT2D eigenvalue weighted by Gasteiger charge is 2.29. The molecule has 4 rings (SSSR count). The third-order valence-electron chi connectivity index (χ3n) is 5.74. The number of pyridine rings is 1. The van der Waals surface area contributed by atoms with Crippen molar-refractivity contribution < 1.29 is 14.3 Å². The number of allylic oxidation sites excluding steroid dienone is 1. The smallest absolute Gasteiger partial charge is 0.295 e. The van der Waals surface area contributed by atoms with Crippen molar-refractivity contribution in [3.05, 3.63) is 65.1 Å². The van der Waals surface area contributed by atoms with Gasteiger partial charge in [0.15, 0.2) is 0 Å². The SMILES string of the molecule is C#CC(=C1CCN(C(=O)C(=O)c2c[nH]c3c(C)ncc(OC)c23)CC1)c1ccccc1. The molecule has 3 heterocycles. The lowest BCUT2D eigenvalue weighted by molar-refractivity contribution is -0.126. The molecule has 0 aliphatic carbocycles. The minimum atomic E-state index is -0.553. The van der Waals surface area contributed by atoms with Crippen LogP contribution >= 0.6 is 0 Å². The van der Waals surface area contributed by atoms with Crippen LogP contribution in [-0.2, 0) is 4.79 Å². The molecule has 1 saturated heterocycles. The van der Waals surface area contributed by atoms with E-state index in [4.69, 9.17) is 11.2 Å². The molecule has 0 radical (unpaired) electrons. The van der Waals surface area contributed by atoms with Gasteiger partial charge in [0.05, 0.1) is 35.5 Å². The van der Waals surface area contributed by atoms with Crippen molar-refractivity contribution in [1.29, 1.82) is 0 Å². The minimum Gasteiger partial charge on any atom is -0.494 e. The average molecular weight is 413 g/mol. The Kier molecular flexibility index (Phi) is 5.59. The van der Waals surface area contributed by atoms with Gasteiger partial charge in [-0.2, -0.15) is 0 Å². The molecule has 2 aromatic heterocycles. The van der Waals surface area contributed by atoms with E-state index >= 15 is 0 Å². The molecule has 6 heteroatoms. The second-order valence-corrected chi connectivity index (χ2v) is 7.47. The number of ether oxygens (including phenoxy) is 1. The Morgan fingerprint density at radius 2 is 1.90 bits per heavy atom. The zero-order valence-electron chi connectivity index (χ0n) is 17.6. The summed E-state index contributed by atoms with van der Waals surface area (Å²) in [5.74, 6) is 2.19. The van der Waals surface area contributed by atoms with Crippen LogP contribution in [0.4, 0.5) is 0 Å². The van der Waals surface area contributed by atoms with Crippen LogP contribution in [0.3, 0.4) is 0 Å².